The van der Waals surface area contributed by atoms with Gasteiger partial charge in [0.05, 0.1) is 0 Å². The Morgan fingerprint density at radius 3 is 2.59 bits per heavy atom. The highest BCUT2D eigenvalue weighted by atomic mass is 32.2. The van der Waals surface area contributed by atoms with E-state index < -0.39 is 0 Å². The molecule has 0 bridgehead atoms. The monoisotopic (exact) mass is 254 g/mol. The van der Waals surface area contributed by atoms with Gasteiger partial charge in [-0.3, -0.25) is 4.79 Å². The van der Waals surface area contributed by atoms with E-state index in [1.807, 2.05) is 12.2 Å². The zero-order valence-corrected chi connectivity index (χ0v) is 11.7. The Balaban J connectivity index is 4.11. The Hall–Kier alpha value is -1.00. The highest BCUT2D eigenvalue weighted by Gasteiger charge is 2.04. The van der Waals surface area contributed by atoms with Crippen LogP contribution in [0.15, 0.2) is 35.8 Å². The molecular weight excluding hydrogens is 232 g/mol. The van der Waals surface area contributed by atoms with Gasteiger partial charge in [-0.15, -0.1) is 0 Å². The van der Waals surface area contributed by atoms with Crippen molar-refractivity contribution < 1.29 is 4.79 Å². The fourth-order valence-electron chi connectivity index (χ4n) is 1.09. The molecule has 0 saturated carbocycles. The molecule has 96 valence electrons. The second-order valence-electron chi connectivity index (χ2n) is 3.60. The van der Waals surface area contributed by atoms with Crippen molar-refractivity contribution in [1.29, 1.82) is 0 Å². The van der Waals surface area contributed by atoms with Gasteiger partial charge in [0.15, 0.2) is 0 Å². The lowest BCUT2D eigenvalue weighted by Gasteiger charge is -2.21. The number of carbonyl (C=O) groups is 1. The first-order chi connectivity index (χ1) is 8.13. The molecule has 17 heavy (non-hydrogen) atoms. The summed E-state index contributed by atoms with van der Waals surface area (Å²) >= 11 is 1.71. The Morgan fingerprint density at radius 2 is 2.06 bits per heavy atom. The van der Waals surface area contributed by atoms with E-state index in [9.17, 15) is 4.79 Å². The van der Waals surface area contributed by atoms with Crippen molar-refractivity contribution in [1.82, 2.24) is 9.21 Å². The first-order valence-corrected chi connectivity index (χ1v) is 6.45. The van der Waals surface area contributed by atoms with Crippen LogP contribution in [0.3, 0.4) is 0 Å². The number of likely N-dealkylation sites (N-methyl/N-ethyl adjacent to an activating group) is 2. The Bertz CT molecular complexity index is 287. The van der Waals surface area contributed by atoms with Crippen LogP contribution in [-0.4, -0.2) is 42.3 Å². The molecule has 0 heterocycles. The molecule has 1 amide bonds. The maximum absolute atomic E-state index is 10.5. The van der Waals surface area contributed by atoms with Crippen LogP contribution in [-0.2, 0) is 4.79 Å². The molecule has 0 aromatic carbocycles. The Morgan fingerprint density at radius 1 is 1.35 bits per heavy atom. The molecule has 0 aliphatic rings. The summed E-state index contributed by atoms with van der Waals surface area (Å²) in [5.74, 6) is 0. The lowest BCUT2D eigenvalue weighted by atomic mass is 10.4. The summed E-state index contributed by atoms with van der Waals surface area (Å²) in [4.78, 5) is 13.3. The number of rotatable bonds is 9. The van der Waals surface area contributed by atoms with Crippen LogP contribution >= 0.6 is 11.9 Å². The largest absolute Gasteiger partial charge is 0.347 e. The molecular formula is C13H22N2OS. The maximum Gasteiger partial charge on any atom is 0.209 e. The van der Waals surface area contributed by atoms with Crippen molar-refractivity contribution >= 4 is 18.4 Å². The van der Waals surface area contributed by atoms with E-state index in [1.165, 1.54) is 4.91 Å². The summed E-state index contributed by atoms with van der Waals surface area (Å²) in [6.07, 6.45) is 8.54. The third kappa shape index (κ3) is 8.77. The number of hydrogen-bond acceptors (Lipinski definition) is 3. The van der Waals surface area contributed by atoms with E-state index >= 15 is 0 Å². The molecule has 0 N–H and O–H groups in total. The molecule has 0 aromatic rings. The fourth-order valence-corrected chi connectivity index (χ4v) is 1.94. The van der Waals surface area contributed by atoms with Gasteiger partial charge in [-0.05, 0) is 23.8 Å². The molecule has 0 atom stereocenters. The maximum atomic E-state index is 10.5. The molecule has 0 fully saturated rings. The van der Waals surface area contributed by atoms with E-state index in [4.69, 9.17) is 0 Å². The standard InChI is InChI=1S/C13H22N2OS/c1-5-7-8-9-13(3)17-15(6-2)11-10-14(4)12-16/h5,7-9,12H,1,6,10-11H2,2-4H3/b8-7-,13-9+. The Labute approximate surface area is 109 Å². The lowest BCUT2D eigenvalue weighted by Crippen LogP contribution is -2.28. The average Bonchev–Trinajstić information content (AvgIpc) is 2.34. The zero-order valence-electron chi connectivity index (χ0n) is 10.9. The first-order valence-electron chi connectivity index (χ1n) is 5.68. The van der Waals surface area contributed by atoms with Crippen LogP contribution in [0, 0.1) is 0 Å². The molecule has 0 aliphatic heterocycles. The summed E-state index contributed by atoms with van der Waals surface area (Å²) in [5, 5.41) is 0. The summed E-state index contributed by atoms with van der Waals surface area (Å²) < 4.78 is 2.23. The van der Waals surface area contributed by atoms with Crippen LogP contribution in [0.4, 0.5) is 0 Å². The highest BCUT2D eigenvalue weighted by Crippen LogP contribution is 2.19. The average molecular weight is 254 g/mol. The van der Waals surface area contributed by atoms with Gasteiger partial charge in [0.25, 0.3) is 0 Å². The summed E-state index contributed by atoms with van der Waals surface area (Å²) in [6.45, 7) is 10.4. The SMILES string of the molecule is C=C/C=C\C=C(/C)SN(CC)CCN(C)C=O. The summed E-state index contributed by atoms with van der Waals surface area (Å²) in [7, 11) is 1.79. The Kier molecular flexibility index (Phi) is 9.57. The second-order valence-corrected chi connectivity index (χ2v) is 4.94. The molecule has 0 radical (unpaired) electrons. The summed E-state index contributed by atoms with van der Waals surface area (Å²) in [5.41, 5.74) is 0. The van der Waals surface area contributed by atoms with E-state index in [0.29, 0.717) is 0 Å². The minimum atomic E-state index is 0.750. The predicted molar refractivity (Wildman–Crippen MR) is 76.6 cm³/mol. The van der Waals surface area contributed by atoms with Gasteiger partial charge in [0.1, 0.15) is 0 Å². The number of nitrogens with zero attached hydrogens (tertiary/aromatic N) is 2. The number of allylic oxidation sites excluding steroid dienone is 5. The fraction of sp³-hybridized carbons (Fsp3) is 0.462. The molecule has 0 rings (SSSR count). The molecule has 0 spiro atoms. The lowest BCUT2D eigenvalue weighted by molar-refractivity contribution is -0.117. The predicted octanol–water partition coefficient (Wildman–Crippen LogP) is 2.69. The van der Waals surface area contributed by atoms with Crippen molar-refractivity contribution in [2.75, 3.05) is 26.7 Å². The van der Waals surface area contributed by atoms with E-state index in [0.717, 1.165) is 26.0 Å². The van der Waals surface area contributed by atoms with Crippen molar-refractivity contribution in [3.63, 3.8) is 0 Å². The third-order valence-electron chi connectivity index (χ3n) is 2.09. The zero-order chi connectivity index (χ0) is 13.1. The van der Waals surface area contributed by atoms with E-state index in [2.05, 4.69) is 30.8 Å². The van der Waals surface area contributed by atoms with Crippen LogP contribution in [0.2, 0.25) is 0 Å². The molecule has 0 saturated heterocycles. The van der Waals surface area contributed by atoms with Gasteiger partial charge in [-0.2, -0.15) is 0 Å². The van der Waals surface area contributed by atoms with Gasteiger partial charge in [-0.1, -0.05) is 37.8 Å². The summed E-state index contributed by atoms with van der Waals surface area (Å²) in [6, 6.07) is 0. The number of carbonyl (C=O) groups excluding carboxylic acids is 1. The second kappa shape index (κ2) is 10.2. The topological polar surface area (TPSA) is 23.6 Å². The molecule has 0 unspecified atom stereocenters. The van der Waals surface area contributed by atoms with Crippen LogP contribution in [0.25, 0.3) is 0 Å². The molecule has 0 aliphatic carbocycles. The van der Waals surface area contributed by atoms with Gasteiger partial charge < -0.3 is 4.90 Å². The number of amides is 1. The highest BCUT2D eigenvalue weighted by molar-refractivity contribution is 8.00. The van der Waals surface area contributed by atoms with Crippen molar-refractivity contribution in [3.8, 4) is 0 Å². The van der Waals surface area contributed by atoms with Crippen molar-refractivity contribution in [2.24, 2.45) is 0 Å². The van der Waals surface area contributed by atoms with Gasteiger partial charge in [0.2, 0.25) is 6.41 Å². The molecule has 3 nitrogen and oxygen atoms in total. The smallest absolute Gasteiger partial charge is 0.209 e. The minimum Gasteiger partial charge on any atom is -0.347 e. The van der Waals surface area contributed by atoms with E-state index in [-0.39, 0.29) is 0 Å². The van der Waals surface area contributed by atoms with Crippen LogP contribution in [0.1, 0.15) is 13.8 Å². The van der Waals surface area contributed by atoms with E-state index in [1.54, 1.807) is 30.0 Å². The van der Waals surface area contributed by atoms with Crippen molar-refractivity contribution in [3.05, 3.63) is 35.8 Å². The van der Waals surface area contributed by atoms with Gasteiger partial charge in [0, 0.05) is 26.7 Å². The molecule has 4 heteroatoms. The van der Waals surface area contributed by atoms with Crippen molar-refractivity contribution in [2.45, 2.75) is 13.8 Å². The van der Waals surface area contributed by atoms with Crippen LogP contribution in [0.5, 0.6) is 0 Å². The third-order valence-corrected chi connectivity index (χ3v) is 3.21. The van der Waals surface area contributed by atoms with Crippen LogP contribution < -0.4 is 0 Å². The quantitative estimate of drug-likeness (QED) is 0.359. The molecule has 0 aromatic heterocycles. The normalized spacial score (nSPS) is 12.1. The van der Waals surface area contributed by atoms with Gasteiger partial charge >= 0.3 is 0 Å². The van der Waals surface area contributed by atoms with Gasteiger partial charge in [-0.25, -0.2) is 4.31 Å². The first kappa shape index (κ1) is 16.0. The minimum absolute atomic E-state index is 0.750. The number of hydrogen-bond donors (Lipinski definition) is 0.